The average Bonchev–Trinajstić information content (AvgIpc) is 2.47. The zero-order valence-corrected chi connectivity index (χ0v) is 16.1. The van der Waals surface area contributed by atoms with Crippen LogP contribution in [0.2, 0.25) is 0 Å². The first-order valence-corrected chi connectivity index (χ1v) is 10.0. The van der Waals surface area contributed by atoms with Crippen molar-refractivity contribution in [1.29, 1.82) is 0 Å². The van der Waals surface area contributed by atoms with E-state index in [1.807, 2.05) is 0 Å². The summed E-state index contributed by atoms with van der Waals surface area (Å²) in [5.41, 5.74) is 0. The molecule has 128 valence electrons. The van der Waals surface area contributed by atoms with Gasteiger partial charge in [0, 0.05) is 0 Å². The molecule has 0 fully saturated rings. The summed E-state index contributed by atoms with van der Waals surface area (Å²) in [6.07, 6.45) is 15.8. The van der Waals surface area contributed by atoms with E-state index in [1.165, 1.54) is 70.6 Å². The Morgan fingerprint density at radius 3 is 1.33 bits per heavy atom. The van der Waals surface area contributed by atoms with Crippen molar-refractivity contribution in [2.24, 2.45) is 23.7 Å². The van der Waals surface area contributed by atoms with E-state index in [1.54, 1.807) is 0 Å². The SMILES string of the molecule is CCC(C)CCCCCC(CCCCC(C)CC)C(C)C. The van der Waals surface area contributed by atoms with Crippen LogP contribution in [0.4, 0.5) is 0 Å². The van der Waals surface area contributed by atoms with E-state index in [0.29, 0.717) is 0 Å². The molecule has 0 saturated carbocycles. The largest absolute Gasteiger partial charge is 0.0651 e. The number of unbranched alkanes of at least 4 members (excludes halogenated alkanes) is 3. The molecule has 0 aliphatic rings. The van der Waals surface area contributed by atoms with Crippen molar-refractivity contribution < 1.29 is 0 Å². The van der Waals surface area contributed by atoms with Crippen molar-refractivity contribution in [2.75, 3.05) is 0 Å². The zero-order chi connectivity index (χ0) is 16.1. The predicted molar refractivity (Wildman–Crippen MR) is 98.8 cm³/mol. The van der Waals surface area contributed by atoms with Crippen LogP contribution in [0.5, 0.6) is 0 Å². The molecule has 3 atom stereocenters. The topological polar surface area (TPSA) is 0 Å². The molecule has 0 heterocycles. The minimum Gasteiger partial charge on any atom is -0.0651 e. The van der Waals surface area contributed by atoms with E-state index in [0.717, 1.165) is 23.7 Å². The van der Waals surface area contributed by atoms with Gasteiger partial charge in [0.2, 0.25) is 0 Å². The Bertz CT molecular complexity index is 206. The summed E-state index contributed by atoms with van der Waals surface area (Å²) >= 11 is 0. The van der Waals surface area contributed by atoms with Crippen molar-refractivity contribution >= 4 is 0 Å². The Balaban J connectivity index is 3.68. The van der Waals surface area contributed by atoms with Crippen LogP contribution in [0.3, 0.4) is 0 Å². The third kappa shape index (κ3) is 12.2. The maximum absolute atomic E-state index is 2.43. The van der Waals surface area contributed by atoms with Crippen molar-refractivity contribution in [3.05, 3.63) is 0 Å². The Morgan fingerprint density at radius 2 is 0.905 bits per heavy atom. The van der Waals surface area contributed by atoms with Crippen molar-refractivity contribution in [3.63, 3.8) is 0 Å². The molecule has 3 unspecified atom stereocenters. The molecule has 0 aliphatic heterocycles. The van der Waals surface area contributed by atoms with Gasteiger partial charge in [-0.05, 0) is 23.7 Å². The highest BCUT2D eigenvalue weighted by atomic mass is 14.2. The van der Waals surface area contributed by atoms with Crippen molar-refractivity contribution in [3.8, 4) is 0 Å². The highest BCUT2D eigenvalue weighted by molar-refractivity contribution is 4.65. The van der Waals surface area contributed by atoms with E-state index < -0.39 is 0 Å². The first kappa shape index (κ1) is 21.0. The van der Waals surface area contributed by atoms with Gasteiger partial charge in [-0.1, -0.05) is 112 Å². The van der Waals surface area contributed by atoms with Gasteiger partial charge in [-0.15, -0.1) is 0 Å². The van der Waals surface area contributed by atoms with Gasteiger partial charge in [0.05, 0.1) is 0 Å². The third-order valence-corrected chi connectivity index (χ3v) is 5.63. The fourth-order valence-corrected chi connectivity index (χ4v) is 3.19. The standard InChI is InChI=1S/C21H44/c1-7-19(5)14-10-9-11-16-21(18(3)4)17-13-12-15-20(6)8-2/h18-21H,7-17H2,1-6H3. The van der Waals surface area contributed by atoms with E-state index in [2.05, 4.69) is 41.5 Å². The molecule has 0 N–H and O–H groups in total. The summed E-state index contributed by atoms with van der Waals surface area (Å²) in [5.74, 6) is 3.73. The lowest BCUT2D eigenvalue weighted by Gasteiger charge is -2.21. The molecular weight excluding hydrogens is 252 g/mol. The van der Waals surface area contributed by atoms with Gasteiger partial charge in [0.15, 0.2) is 0 Å². The molecular formula is C21H44. The maximum Gasteiger partial charge on any atom is -0.0391 e. The van der Waals surface area contributed by atoms with Crippen LogP contribution in [0.1, 0.15) is 112 Å². The Kier molecular flexibility index (Phi) is 13.6. The molecule has 0 nitrogen and oxygen atoms in total. The fourth-order valence-electron chi connectivity index (χ4n) is 3.19. The Labute approximate surface area is 136 Å². The molecule has 0 saturated heterocycles. The molecule has 0 bridgehead atoms. The average molecular weight is 297 g/mol. The third-order valence-electron chi connectivity index (χ3n) is 5.63. The molecule has 0 aromatic heterocycles. The Morgan fingerprint density at radius 1 is 0.524 bits per heavy atom. The van der Waals surface area contributed by atoms with Gasteiger partial charge in [0.1, 0.15) is 0 Å². The molecule has 0 heteroatoms. The summed E-state index contributed by atoms with van der Waals surface area (Å²) in [6, 6.07) is 0. The molecule has 0 amide bonds. The minimum absolute atomic E-state index is 0.878. The molecule has 0 aromatic rings. The molecule has 21 heavy (non-hydrogen) atoms. The first-order valence-electron chi connectivity index (χ1n) is 10.0. The molecule has 0 aromatic carbocycles. The van der Waals surface area contributed by atoms with Gasteiger partial charge < -0.3 is 0 Å². The van der Waals surface area contributed by atoms with Crippen LogP contribution in [0.25, 0.3) is 0 Å². The van der Waals surface area contributed by atoms with E-state index >= 15 is 0 Å². The van der Waals surface area contributed by atoms with Gasteiger partial charge in [-0.2, -0.15) is 0 Å². The zero-order valence-electron chi connectivity index (χ0n) is 16.1. The van der Waals surface area contributed by atoms with Crippen LogP contribution in [-0.2, 0) is 0 Å². The monoisotopic (exact) mass is 296 g/mol. The van der Waals surface area contributed by atoms with Gasteiger partial charge in [0.25, 0.3) is 0 Å². The number of hydrogen-bond donors (Lipinski definition) is 0. The highest BCUT2D eigenvalue weighted by Crippen LogP contribution is 2.26. The van der Waals surface area contributed by atoms with E-state index in [9.17, 15) is 0 Å². The lowest BCUT2D eigenvalue weighted by atomic mass is 9.85. The predicted octanol–water partition coefficient (Wildman–Crippen LogP) is 7.86. The van der Waals surface area contributed by atoms with Crippen LogP contribution >= 0.6 is 0 Å². The van der Waals surface area contributed by atoms with Crippen LogP contribution < -0.4 is 0 Å². The summed E-state index contributed by atoms with van der Waals surface area (Å²) in [7, 11) is 0. The van der Waals surface area contributed by atoms with Crippen LogP contribution in [-0.4, -0.2) is 0 Å². The maximum atomic E-state index is 2.43. The molecule has 0 radical (unpaired) electrons. The van der Waals surface area contributed by atoms with Crippen molar-refractivity contribution in [2.45, 2.75) is 112 Å². The van der Waals surface area contributed by atoms with E-state index in [4.69, 9.17) is 0 Å². The quantitative estimate of drug-likeness (QED) is 0.286. The molecule has 0 rings (SSSR count). The fraction of sp³-hybridized carbons (Fsp3) is 1.00. The normalized spacial score (nSPS) is 16.1. The summed E-state index contributed by atoms with van der Waals surface area (Å²) < 4.78 is 0. The lowest BCUT2D eigenvalue weighted by Crippen LogP contribution is -2.09. The Hall–Kier alpha value is 0. The van der Waals surface area contributed by atoms with Gasteiger partial charge in [-0.3, -0.25) is 0 Å². The highest BCUT2D eigenvalue weighted by Gasteiger charge is 2.13. The number of hydrogen-bond acceptors (Lipinski definition) is 0. The lowest BCUT2D eigenvalue weighted by molar-refractivity contribution is 0.308. The second-order valence-electron chi connectivity index (χ2n) is 7.95. The number of rotatable bonds is 14. The molecule has 0 aliphatic carbocycles. The second-order valence-corrected chi connectivity index (χ2v) is 7.95. The summed E-state index contributed by atoms with van der Waals surface area (Å²) in [4.78, 5) is 0. The minimum atomic E-state index is 0.878. The van der Waals surface area contributed by atoms with Gasteiger partial charge in [-0.25, -0.2) is 0 Å². The smallest absolute Gasteiger partial charge is 0.0391 e. The molecule has 0 spiro atoms. The second kappa shape index (κ2) is 13.6. The van der Waals surface area contributed by atoms with E-state index in [-0.39, 0.29) is 0 Å². The van der Waals surface area contributed by atoms with Crippen LogP contribution in [0.15, 0.2) is 0 Å². The summed E-state index contributed by atoms with van der Waals surface area (Å²) in [5, 5.41) is 0. The van der Waals surface area contributed by atoms with Crippen LogP contribution in [0, 0.1) is 23.7 Å². The summed E-state index contributed by atoms with van der Waals surface area (Å²) in [6.45, 7) is 14.3. The van der Waals surface area contributed by atoms with Crippen molar-refractivity contribution in [1.82, 2.24) is 0 Å². The van der Waals surface area contributed by atoms with Gasteiger partial charge >= 0.3 is 0 Å². The first-order chi connectivity index (χ1) is 10.0.